The van der Waals surface area contributed by atoms with Gasteiger partial charge in [-0.2, -0.15) is 4.31 Å². The van der Waals surface area contributed by atoms with Crippen molar-refractivity contribution in [3.05, 3.63) is 65.3 Å². The number of aromatic hydroxyl groups is 1. The number of nitrogens with zero attached hydrogens (tertiary/aromatic N) is 3. The van der Waals surface area contributed by atoms with Gasteiger partial charge >= 0.3 is 0 Å². The molecule has 1 aliphatic rings. The van der Waals surface area contributed by atoms with Crippen LogP contribution in [0.2, 0.25) is 5.02 Å². The molecule has 0 amide bonds. The van der Waals surface area contributed by atoms with Crippen molar-refractivity contribution in [1.82, 2.24) is 14.2 Å². The molecule has 1 fully saturated rings. The van der Waals surface area contributed by atoms with E-state index >= 15 is 0 Å². The molecule has 146 valence electrons. The maximum atomic E-state index is 12.8. The second kappa shape index (κ2) is 7.67. The Bertz CT molecular complexity index is 1100. The molecule has 0 unspecified atom stereocenters. The van der Waals surface area contributed by atoms with Crippen molar-refractivity contribution in [3.63, 3.8) is 0 Å². The monoisotopic (exact) mass is 417 g/mol. The van der Waals surface area contributed by atoms with Gasteiger partial charge in [0.1, 0.15) is 11.3 Å². The molecule has 0 radical (unpaired) electrons. The van der Waals surface area contributed by atoms with Crippen molar-refractivity contribution in [3.8, 4) is 5.75 Å². The number of hydrogen-bond acceptors (Lipinski definition) is 5. The molecule has 2 heterocycles. The summed E-state index contributed by atoms with van der Waals surface area (Å²) in [6, 6.07) is 13.8. The van der Waals surface area contributed by atoms with E-state index in [2.05, 4.69) is 9.88 Å². The van der Waals surface area contributed by atoms with E-state index < -0.39 is 10.0 Å². The number of phenols is 1. The van der Waals surface area contributed by atoms with Gasteiger partial charge in [-0.3, -0.25) is 9.88 Å². The molecule has 0 aliphatic carbocycles. The lowest BCUT2D eigenvalue weighted by molar-refractivity contribution is 0.180. The van der Waals surface area contributed by atoms with Gasteiger partial charge in [0.15, 0.2) is 0 Å². The number of benzene rings is 2. The minimum Gasteiger partial charge on any atom is -0.505 e. The average Bonchev–Trinajstić information content (AvgIpc) is 2.71. The third kappa shape index (κ3) is 3.71. The van der Waals surface area contributed by atoms with E-state index in [0.29, 0.717) is 43.3 Å². The number of phenolic OH excluding ortho intramolecular Hbond substituents is 1. The van der Waals surface area contributed by atoms with E-state index in [0.717, 1.165) is 10.9 Å². The third-order valence-electron chi connectivity index (χ3n) is 5.01. The Morgan fingerprint density at radius 1 is 1.00 bits per heavy atom. The molecule has 6 nitrogen and oxygen atoms in total. The molecule has 1 aromatic heterocycles. The predicted molar refractivity (Wildman–Crippen MR) is 109 cm³/mol. The zero-order valence-corrected chi connectivity index (χ0v) is 16.7. The minimum absolute atomic E-state index is 0.189. The largest absolute Gasteiger partial charge is 0.505 e. The molecule has 1 N–H and O–H groups in total. The normalized spacial score (nSPS) is 16.5. The van der Waals surface area contributed by atoms with Crippen LogP contribution in [-0.4, -0.2) is 53.9 Å². The average molecular weight is 418 g/mol. The highest BCUT2D eigenvalue weighted by molar-refractivity contribution is 7.89. The Morgan fingerprint density at radius 3 is 2.43 bits per heavy atom. The summed E-state index contributed by atoms with van der Waals surface area (Å²) in [6.07, 6.45) is 1.66. The van der Waals surface area contributed by atoms with Crippen molar-refractivity contribution in [2.75, 3.05) is 26.2 Å². The first-order valence-corrected chi connectivity index (χ1v) is 10.8. The van der Waals surface area contributed by atoms with Crippen LogP contribution in [0.3, 0.4) is 0 Å². The van der Waals surface area contributed by atoms with E-state index in [1.165, 1.54) is 16.4 Å². The fourth-order valence-electron chi connectivity index (χ4n) is 3.42. The van der Waals surface area contributed by atoms with Crippen LogP contribution in [-0.2, 0) is 16.6 Å². The molecule has 4 rings (SSSR count). The number of hydrogen-bond donors (Lipinski definition) is 1. The minimum atomic E-state index is -3.52. The topological polar surface area (TPSA) is 73.7 Å². The number of piperazine rings is 1. The van der Waals surface area contributed by atoms with Gasteiger partial charge in [-0.15, -0.1) is 0 Å². The second-order valence-electron chi connectivity index (χ2n) is 6.78. The number of aromatic nitrogens is 1. The van der Waals surface area contributed by atoms with Crippen LogP contribution < -0.4 is 0 Å². The quantitative estimate of drug-likeness (QED) is 0.706. The molecule has 2 aromatic carbocycles. The van der Waals surface area contributed by atoms with Gasteiger partial charge in [0.25, 0.3) is 0 Å². The van der Waals surface area contributed by atoms with Crippen LogP contribution >= 0.6 is 11.6 Å². The highest BCUT2D eigenvalue weighted by Crippen LogP contribution is 2.28. The van der Waals surface area contributed by atoms with Crippen molar-refractivity contribution >= 4 is 32.5 Å². The third-order valence-corrected chi connectivity index (χ3v) is 7.17. The molecule has 0 spiro atoms. The lowest BCUT2D eigenvalue weighted by atomic mass is 10.1. The maximum Gasteiger partial charge on any atom is 0.243 e. The molecule has 8 heteroatoms. The highest BCUT2D eigenvalue weighted by Gasteiger charge is 2.28. The molecular formula is C20H20ClN3O3S. The maximum absolute atomic E-state index is 12.8. The summed E-state index contributed by atoms with van der Waals surface area (Å²) >= 11 is 5.85. The van der Waals surface area contributed by atoms with Gasteiger partial charge in [0.05, 0.1) is 4.90 Å². The van der Waals surface area contributed by atoms with Crippen LogP contribution in [0.15, 0.2) is 59.6 Å². The molecule has 1 saturated heterocycles. The van der Waals surface area contributed by atoms with Crippen LogP contribution in [0.5, 0.6) is 5.75 Å². The summed E-state index contributed by atoms with van der Waals surface area (Å²) in [4.78, 5) is 6.64. The first kappa shape index (κ1) is 19.1. The number of rotatable bonds is 4. The van der Waals surface area contributed by atoms with Gasteiger partial charge < -0.3 is 5.11 Å². The zero-order chi connectivity index (χ0) is 19.7. The molecule has 3 aromatic rings. The summed E-state index contributed by atoms with van der Waals surface area (Å²) in [5, 5.41) is 11.9. The van der Waals surface area contributed by atoms with Gasteiger partial charge in [-0.1, -0.05) is 29.8 Å². The van der Waals surface area contributed by atoms with E-state index in [-0.39, 0.29) is 10.6 Å². The number of halogens is 1. The number of pyridine rings is 1. The Morgan fingerprint density at radius 2 is 1.71 bits per heavy atom. The molecule has 0 saturated carbocycles. The van der Waals surface area contributed by atoms with Crippen molar-refractivity contribution in [2.24, 2.45) is 0 Å². The van der Waals surface area contributed by atoms with Crippen LogP contribution in [0.4, 0.5) is 0 Å². The lowest BCUT2D eigenvalue weighted by Crippen LogP contribution is -2.48. The lowest BCUT2D eigenvalue weighted by Gasteiger charge is -2.34. The van der Waals surface area contributed by atoms with Gasteiger partial charge in [0, 0.05) is 54.9 Å². The van der Waals surface area contributed by atoms with E-state index in [1.807, 2.05) is 24.3 Å². The van der Waals surface area contributed by atoms with E-state index in [4.69, 9.17) is 11.6 Å². The summed E-state index contributed by atoms with van der Waals surface area (Å²) in [7, 11) is -3.52. The summed E-state index contributed by atoms with van der Waals surface area (Å²) in [6.45, 7) is 2.53. The van der Waals surface area contributed by atoms with Crippen molar-refractivity contribution in [1.29, 1.82) is 0 Å². The smallest absolute Gasteiger partial charge is 0.243 e. The fourth-order valence-corrected chi connectivity index (χ4v) is 4.97. The van der Waals surface area contributed by atoms with Crippen LogP contribution in [0.25, 0.3) is 10.9 Å². The Kier molecular flexibility index (Phi) is 5.25. The molecule has 1 aliphatic heterocycles. The molecule has 0 atom stereocenters. The molecule has 28 heavy (non-hydrogen) atoms. The first-order chi connectivity index (χ1) is 13.4. The van der Waals surface area contributed by atoms with E-state index in [9.17, 15) is 13.5 Å². The van der Waals surface area contributed by atoms with E-state index in [1.54, 1.807) is 18.3 Å². The number of sulfonamides is 1. The Hall–Kier alpha value is -2.19. The summed E-state index contributed by atoms with van der Waals surface area (Å²) in [5.41, 5.74) is 1.38. The van der Waals surface area contributed by atoms with Crippen molar-refractivity contribution < 1.29 is 13.5 Å². The van der Waals surface area contributed by atoms with Gasteiger partial charge in [0.2, 0.25) is 10.0 Å². The SMILES string of the molecule is O=S(=O)(c1ccc(Cl)cc1)N1CCN(Cc2ccc3cccnc3c2O)CC1. The number of fused-ring (bicyclic) bond motifs is 1. The second-order valence-corrected chi connectivity index (χ2v) is 9.16. The molecular weight excluding hydrogens is 398 g/mol. The zero-order valence-electron chi connectivity index (χ0n) is 15.1. The Labute approximate surface area is 169 Å². The Balaban J connectivity index is 1.45. The van der Waals surface area contributed by atoms with Crippen LogP contribution in [0, 0.1) is 0 Å². The molecule has 0 bridgehead atoms. The first-order valence-electron chi connectivity index (χ1n) is 8.99. The summed E-state index contributed by atoms with van der Waals surface area (Å²) in [5.74, 6) is 0.189. The van der Waals surface area contributed by atoms with Gasteiger partial charge in [-0.25, -0.2) is 8.42 Å². The van der Waals surface area contributed by atoms with Gasteiger partial charge in [-0.05, 0) is 30.3 Å². The standard InChI is InChI=1S/C20H20ClN3O3S/c21-17-5-7-18(8-6-17)28(26,27)24-12-10-23(11-13-24)14-16-4-3-15-2-1-9-22-19(15)20(16)25/h1-9,25H,10-14H2. The predicted octanol–water partition coefficient (Wildman–Crippen LogP) is 3.10. The summed E-state index contributed by atoms with van der Waals surface area (Å²) < 4.78 is 27.1. The fraction of sp³-hybridized carbons (Fsp3) is 0.250. The highest BCUT2D eigenvalue weighted by atomic mass is 35.5. The van der Waals surface area contributed by atoms with Crippen LogP contribution in [0.1, 0.15) is 5.56 Å². The van der Waals surface area contributed by atoms with Crippen molar-refractivity contribution in [2.45, 2.75) is 11.4 Å².